The minimum Gasteiger partial charge on any atom is -0.507 e. The second kappa shape index (κ2) is 8.45. The molecule has 2 aliphatic rings. The molecular weight excluding hydrogens is 445 g/mol. The van der Waals surface area contributed by atoms with E-state index < -0.39 is 11.7 Å². The number of aromatic hydroxyl groups is 1. The first kappa shape index (κ1) is 23.5. The van der Waals surface area contributed by atoms with Crippen LogP contribution < -0.4 is 15.5 Å². The standard InChI is InChI=1S/C27H32FN5O2/c1-26-8-5-9-27(2,32-26)15-18(14-26)33(4)24-7-6-22(30-31-24)20-11-16-12-21(28)19(25(35)29-3)10-17(16)13-23(20)34/h6-7,10-13,18,32,34H,5,8-9,14-15H2,1-4H3,(H,29,35)/t18?,26-,27+. The molecule has 0 aliphatic carbocycles. The maximum absolute atomic E-state index is 14.5. The predicted octanol–water partition coefficient (Wildman–Crippen LogP) is 4.39. The van der Waals surface area contributed by atoms with E-state index in [0.717, 1.165) is 18.7 Å². The molecule has 35 heavy (non-hydrogen) atoms. The van der Waals surface area contributed by atoms with Crippen LogP contribution in [0.15, 0.2) is 36.4 Å². The summed E-state index contributed by atoms with van der Waals surface area (Å²) in [6, 6.07) is 10.0. The lowest BCUT2D eigenvalue weighted by Gasteiger charge is -2.55. The molecule has 1 amide bonds. The smallest absolute Gasteiger partial charge is 0.254 e. The number of phenols is 1. The summed E-state index contributed by atoms with van der Waals surface area (Å²) in [6.45, 7) is 4.64. The molecule has 1 aromatic heterocycles. The highest BCUT2D eigenvalue weighted by Crippen LogP contribution is 2.42. The third kappa shape index (κ3) is 4.31. The second-order valence-electron chi connectivity index (χ2n) is 10.7. The van der Waals surface area contributed by atoms with E-state index in [1.807, 2.05) is 12.1 Å². The van der Waals surface area contributed by atoms with Crippen LogP contribution in [0.25, 0.3) is 22.0 Å². The van der Waals surface area contributed by atoms with Gasteiger partial charge in [-0.1, -0.05) is 0 Å². The van der Waals surface area contributed by atoms with Crippen molar-refractivity contribution in [3.8, 4) is 17.0 Å². The lowest BCUT2D eigenvalue weighted by Crippen LogP contribution is -2.66. The number of benzene rings is 2. The van der Waals surface area contributed by atoms with E-state index in [1.54, 1.807) is 6.07 Å². The Balaban J connectivity index is 1.41. The Kier molecular flexibility index (Phi) is 5.67. The largest absolute Gasteiger partial charge is 0.507 e. The predicted molar refractivity (Wildman–Crippen MR) is 135 cm³/mol. The Labute approximate surface area is 204 Å². The van der Waals surface area contributed by atoms with Gasteiger partial charge in [0.15, 0.2) is 5.82 Å². The van der Waals surface area contributed by atoms with Crippen molar-refractivity contribution in [1.82, 2.24) is 20.8 Å². The Morgan fingerprint density at radius 2 is 1.80 bits per heavy atom. The minimum absolute atomic E-state index is 0.00519. The summed E-state index contributed by atoms with van der Waals surface area (Å²) < 4.78 is 14.5. The zero-order valence-electron chi connectivity index (χ0n) is 20.7. The Morgan fingerprint density at radius 3 is 2.43 bits per heavy atom. The van der Waals surface area contributed by atoms with Crippen LogP contribution in [0, 0.1) is 5.82 Å². The molecule has 2 saturated heterocycles. The number of nitrogens with one attached hydrogen (secondary N) is 2. The number of carbonyl (C=O) groups excluding carboxylic acids is 1. The third-order valence-electron chi connectivity index (χ3n) is 7.78. The Bertz CT molecular complexity index is 1280. The van der Waals surface area contributed by atoms with Gasteiger partial charge >= 0.3 is 0 Å². The summed E-state index contributed by atoms with van der Waals surface area (Å²) in [5.74, 6) is -0.355. The van der Waals surface area contributed by atoms with Crippen molar-refractivity contribution in [1.29, 1.82) is 0 Å². The average molecular weight is 478 g/mol. The fourth-order valence-electron chi connectivity index (χ4n) is 6.08. The van der Waals surface area contributed by atoms with Crippen LogP contribution in [0.5, 0.6) is 5.75 Å². The van der Waals surface area contributed by atoms with Crippen molar-refractivity contribution in [2.75, 3.05) is 19.0 Å². The third-order valence-corrected chi connectivity index (χ3v) is 7.78. The lowest BCUT2D eigenvalue weighted by molar-refractivity contribution is 0.0784. The molecular formula is C27H32FN5O2. The second-order valence-corrected chi connectivity index (χ2v) is 10.7. The summed E-state index contributed by atoms with van der Waals surface area (Å²) in [7, 11) is 3.52. The number of halogens is 1. The van der Waals surface area contributed by atoms with Crippen LogP contribution >= 0.6 is 0 Å². The van der Waals surface area contributed by atoms with Crippen molar-refractivity contribution in [2.45, 2.75) is 63.1 Å². The Morgan fingerprint density at radius 1 is 1.11 bits per heavy atom. The maximum Gasteiger partial charge on any atom is 0.254 e. The molecule has 2 bridgehead atoms. The van der Waals surface area contributed by atoms with Gasteiger partial charge in [0.25, 0.3) is 5.91 Å². The van der Waals surface area contributed by atoms with Gasteiger partial charge in [-0.2, -0.15) is 0 Å². The summed E-state index contributed by atoms with van der Waals surface area (Å²) in [5, 5.41) is 27.0. The number of hydrogen-bond donors (Lipinski definition) is 3. The van der Waals surface area contributed by atoms with Gasteiger partial charge in [-0.15, -0.1) is 10.2 Å². The number of hydrogen-bond acceptors (Lipinski definition) is 6. The van der Waals surface area contributed by atoms with Gasteiger partial charge in [0, 0.05) is 36.8 Å². The van der Waals surface area contributed by atoms with Gasteiger partial charge < -0.3 is 20.6 Å². The molecule has 5 rings (SSSR count). The highest BCUT2D eigenvalue weighted by molar-refractivity contribution is 6.00. The highest BCUT2D eigenvalue weighted by atomic mass is 19.1. The Hall–Kier alpha value is -3.26. The molecule has 2 fully saturated rings. The summed E-state index contributed by atoms with van der Waals surface area (Å²) in [4.78, 5) is 14.1. The SMILES string of the molecule is CNC(=O)c1cc2cc(O)c(-c3ccc(N(C)C4C[C@]5(C)CCC[C@](C)(C4)N5)nn3)cc2cc1F. The zero-order chi connectivity index (χ0) is 25.0. The molecule has 3 N–H and O–H groups in total. The number of carbonyl (C=O) groups is 1. The molecule has 2 aliphatic heterocycles. The number of anilines is 1. The van der Waals surface area contributed by atoms with E-state index in [-0.39, 0.29) is 22.4 Å². The van der Waals surface area contributed by atoms with Crippen molar-refractivity contribution in [3.63, 3.8) is 0 Å². The van der Waals surface area contributed by atoms with Crippen molar-refractivity contribution in [3.05, 3.63) is 47.8 Å². The van der Waals surface area contributed by atoms with Gasteiger partial charge in [0.2, 0.25) is 0 Å². The minimum atomic E-state index is -0.620. The highest BCUT2D eigenvalue weighted by Gasteiger charge is 2.46. The van der Waals surface area contributed by atoms with Crippen LogP contribution in [0.1, 0.15) is 56.3 Å². The van der Waals surface area contributed by atoms with E-state index >= 15 is 0 Å². The lowest BCUT2D eigenvalue weighted by atomic mass is 9.69. The van der Waals surface area contributed by atoms with Crippen LogP contribution in [0.3, 0.4) is 0 Å². The first-order valence-electron chi connectivity index (χ1n) is 12.1. The summed E-state index contributed by atoms with van der Waals surface area (Å²) in [5.41, 5.74) is 1.17. The number of aromatic nitrogens is 2. The van der Waals surface area contributed by atoms with E-state index in [2.05, 4.69) is 46.6 Å². The first-order valence-corrected chi connectivity index (χ1v) is 12.1. The van der Waals surface area contributed by atoms with E-state index in [4.69, 9.17) is 0 Å². The number of piperidine rings is 2. The van der Waals surface area contributed by atoms with Crippen molar-refractivity contribution in [2.24, 2.45) is 0 Å². The van der Waals surface area contributed by atoms with Gasteiger partial charge in [-0.3, -0.25) is 4.79 Å². The fourth-order valence-corrected chi connectivity index (χ4v) is 6.08. The van der Waals surface area contributed by atoms with Crippen molar-refractivity contribution >= 4 is 22.5 Å². The average Bonchev–Trinajstić information content (AvgIpc) is 2.81. The van der Waals surface area contributed by atoms with Crippen LogP contribution in [0.4, 0.5) is 10.2 Å². The van der Waals surface area contributed by atoms with Crippen LogP contribution in [0.2, 0.25) is 0 Å². The quantitative estimate of drug-likeness (QED) is 0.516. The molecule has 0 saturated carbocycles. The monoisotopic (exact) mass is 477 g/mol. The molecule has 3 atom stereocenters. The molecule has 2 aromatic carbocycles. The number of rotatable bonds is 4. The van der Waals surface area contributed by atoms with Gasteiger partial charge in [-0.05, 0) is 93.1 Å². The van der Waals surface area contributed by atoms with E-state index in [1.165, 1.54) is 44.5 Å². The molecule has 184 valence electrons. The van der Waals surface area contributed by atoms with Crippen LogP contribution in [-0.4, -0.2) is 52.4 Å². The van der Waals surface area contributed by atoms with Gasteiger partial charge in [0.05, 0.1) is 11.3 Å². The summed E-state index contributed by atoms with van der Waals surface area (Å²) >= 11 is 0. The first-order chi connectivity index (χ1) is 16.6. The number of nitrogens with zero attached hydrogens (tertiary/aromatic N) is 3. The topological polar surface area (TPSA) is 90.4 Å². The van der Waals surface area contributed by atoms with Gasteiger partial charge in [-0.25, -0.2) is 4.39 Å². The maximum atomic E-state index is 14.5. The molecule has 3 heterocycles. The number of phenolic OH excluding ortho intramolecular Hbond substituents is 1. The normalized spacial score (nSPS) is 25.9. The van der Waals surface area contributed by atoms with Crippen LogP contribution in [-0.2, 0) is 0 Å². The molecule has 3 aromatic rings. The van der Waals surface area contributed by atoms with Crippen molar-refractivity contribution < 1.29 is 14.3 Å². The molecule has 0 spiro atoms. The van der Waals surface area contributed by atoms with Gasteiger partial charge in [0.1, 0.15) is 11.6 Å². The molecule has 7 nitrogen and oxygen atoms in total. The summed E-state index contributed by atoms with van der Waals surface area (Å²) in [6.07, 6.45) is 5.74. The molecule has 8 heteroatoms. The fraction of sp³-hybridized carbons (Fsp3) is 0.444. The zero-order valence-corrected chi connectivity index (χ0v) is 20.7. The number of fused-ring (bicyclic) bond motifs is 3. The molecule has 1 unspecified atom stereocenters. The number of amides is 1. The van der Waals surface area contributed by atoms with E-state index in [0.29, 0.717) is 28.1 Å². The van der Waals surface area contributed by atoms with E-state index in [9.17, 15) is 14.3 Å². The molecule has 0 radical (unpaired) electrons.